The van der Waals surface area contributed by atoms with Gasteiger partial charge in [-0.2, -0.15) is 17.0 Å². The molecule has 0 spiro atoms. The van der Waals surface area contributed by atoms with Crippen LogP contribution in [0.3, 0.4) is 0 Å². The lowest BCUT2D eigenvalue weighted by atomic mass is 10.0. The highest BCUT2D eigenvalue weighted by Crippen LogP contribution is 2.23. The molecule has 0 bridgehead atoms. The molecule has 5 nitrogen and oxygen atoms in total. The molecule has 2 rings (SSSR count). The van der Waals surface area contributed by atoms with Gasteiger partial charge in [0.15, 0.2) is 0 Å². The van der Waals surface area contributed by atoms with Crippen molar-refractivity contribution >= 4 is 33.1 Å². The normalized spacial score (nSPS) is 18.8. The van der Waals surface area contributed by atoms with Crippen molar-refractivity contribution in [2.75, 3.05) is 26.0 Å². The summed E-state index contributed by atoms with van der Waals surface area (Å²) in [6, 6.07) is 0. The lowest BCUT2D eigenvalue weighted by molar-refractivity contribution is 0.271. The SMILES string of the molecule is Cc1ncsc1CN(C)S(=O)(=O)N1CCC(CCl)CC1. The van der Waals surface area contributed by atoms with Gasteiger partial charge in [0.25, 0.3) is 10.2 Å². The van der Waals surface area contributed by atoms with Crippen LogP contribution in [-0.4, -0.2) is 48.0 Å². The van der Waals surface area contributed by atoms with Crippen LogP contribution < -0.4 is 0 Å². The predicted octanol–water partition coefficient (Wildman–Crippen LogP) is 2.08. The number of aromatic nitrogens is 1. The van der Waals surface area contributed by atoms with E-state index in [1.807, 2.05) is 6.92 Å². The number of alkyl halides is 1. The Morgan fingerprint density at radius 2 is 2.15 bits per heavy atom. The molecule has 1 aliphatic heterocycles. The van der Waals surface area contributed by atoms with E-state index in [0.717, 1.165) is 23.4 Å². The van der Waals surface area contributed by atoms with E-state index in [0.29, 0.717) is 31.4 Å². The highest BCUT2D eigenvalue weighted by Gasteiger charge is 2.31. The van der Waals surface area contributed by atoms with Crippen LogP contribution in [0, 0.1) is 12.8 Å². The zero-order valence-electron chi connectivity index (χ0n) is 11.7. The molecule has 0 saturated carbocycles. The molecule has 8 heteroatoms. The van der Waals surface area contributed by atoms with Crippen molar-refractivity contribution < 1.29 is 8.42 Å². The Hall–Kier alpha value is -0.210. The molecule has 0 atom stereocenters. The number of aryl methyl sites for hydroxylation is 1. The summed E-state index contributed by atoms with van der Waals surface area (Å²) in [4.78, 5) is 5.15. The van der Waals surface area contributed by atoms with E-state index in [4.69, 9.17) is 11.6 Å². The maximum atomic E-state index is 12.5. The molecule has 114 valence electrons. The van der Waals surface area contributed by atoms with Crippen molar-refractivity contribution in [3.63, 3.8) is 0 Å². The Morgan fingerprint density at radius 1 is 1.50 bits per heavy atom. The Kier molecular flexibility index (Phi) is 5.42. The summed E-state index contributed by atoms with van der Waals surface area (Å²) in [5.41, 5.74) is 2.65. The Morgan fingerprint density at radius 3 is 2.65 bits per heavy atom. The van der Waals surface area contributed by atoms with Crippen molar-refractivity contribution in [2.45, 2.75) is 26.3 Å². The summed E-state index contributed by atoms with van der Waals surface area (Å²) in [5, 5.41) is 0. The second kappa shape index (κ2) is 6.70. The lowest BCUT2D eigenvalue weighted by Gasteiger charge is -2.33. The Labute approximate surface area is 129 Å². The van der Waals surface area contributed by atoms with Crippen LogP contribution >= 0.6 is 22.9 Å². The topological polar surface area (TPSA) is 53.5 Å². The van der Waals surface area contributed by atoms with Gasteiger partial charge in [0.05, 0.1) is 17.7 Å². The van der Waals surface area contributed by atoms with Crippen LogP contribution in [0.4, 0.5) is 0 Å². The van der Waals surface area contributed by atoms with Crippen LogP contribution in [0.5, 0.6) is 0 Å². The number of nitrogens with zero attached hydrogens (tertiary/aromatic N) is 3. The van der Waals surface area contributed by atoms with Crippen molar-refractivity contribution in [3.8, 4) is 0 Å². The third-order valence-electron chi connectivity index (χ3n) is 3.72. The molecule has 1 fully saturated rings. The van der Waals surface area contributed by atoms with E-state index in [1.54, 1.807) is 16.9 Å². The van der Waals surface area contributed by atoms with Crippen molar-refractivity contribution in [1.82, 2.24) is 13.6 Å². The largest absolute Gasteiger partial charge is 0.282 e. The minimum Gasteiger partial charge on any atom is -0.250 e. The maximum Gasteiger partial charge on any atom is 0.282 e. The highest BCUT2D eigenvalue weighted by molar-refractivity contribution is 7.86. The van der Waals surface area contributed by atoms with Gasteiger partial charge >= 0.3 is 0 Å². The zero-order valence-corrected chi connectivity index (χ0v) is 14.1. The first-order chi connectivity index (χ1) is 9.45. The number of halogens is 1. The van der Waals surface area contributed by atoms with Crippen LogP contribution in [-0.2, 0) is 16.8 Å². The Bertz CT molecular complexity index is 539. The van der Waals surface area contributed by atoms with E-state index in [2.05, 4.69) is 4.98 Å². The second-order valence-corrected chi connectivity index (χ2v) is 8.40. The molecule has 1 aromatic heterocycles. The van der Waals surface area contributed by atoms with Gasteiger partial charge < -0.3 is 0 Å². The third kappa shape index (κ3) is 3.51. The van der Waals surface area contributed by atoms with E-state index >= 15 is 0 Å². The van der Waals surface area contributed by atoms with E-state index in [1.165, 1.54) is 15.6 Å². The molecule has 0 aliphatic carbocycles. The third-order valence-corrected chi connectivity index (χ3v) is 7.01. The first-order valence-corrected chi connectivity index (χ1v) is 9.42. The lowest BCUT2D eigenvalue weighted by Crippen LogP contribution is -2.45. The van der Waals surface area contributed by atoms with Crippen LogP contribution in [0.1, 0.15) is 23.4 Å². The van der Waals surface area contributed by atoms with Gasteiger partial charge in [0, 0.05) is 30.9 Å². The van der Waals surface area contributed by atoms with Crippen LogP contribution in [0.15, 0.2) is 5.51 Å². The number of hydrogen-bond acceptors (Lipinski definition) is 4. The van der Waals surface area contributed by atoms with Crippen LogP contribution in [0.25, 0.3) is 0 Å². The quantitative estimate of drug-likeness (QED) is 0.773. The van der Waals surface area contributed by atoms with Gasteiger partial charge in [-0.1, -0.05) is 0 Å². The first kappa shape index (κ1) is 16.2. The molecular formula is C12H20ClN3O2S2. The Balaban J connectivity index is 2.01. The minimum absolute atomic E-state index is 0.383. The molecule has 2 heterocycles. The monoisotopic (exact) mass is 337 g/mol. The molecular weight excluding hydrogens is 318 g/mol. The van der Waals surface area contributed by atoms with Crippen LogP contribution in [0.2, 0.25) is 0 Å². The fraction of sp³-hybridized carbons (Fsp3) is 0.750. The molecule has 0 unspecified atom stereocenters. The van der Waals surface area contributed by atoms with Gasteiger partial charge in [-0.05, 0) is 25.7 Å². The molecule has 0 N–H and O–H groups in total. The second-order valence-electron chi connectivity index (χ2n) is 5.12. The summed E-state index contributed by atoms with van der Waals surface area (Å²) in [6.45, 7) is 3.41. The molecule has 1 saturated heterocycles. The fourth-order valence-electron chi connectivity index (χ4n) is 2.25. The van der Waals surface area contributed by atoms with E-state index in [9.17, 15) is 8.42 Å². The van der Waals surface area contributed by atoms with Crippen molar-refractivity contribution in [3.05, 3.63) is 16.1 Å². The van der Waals surface area contributed by atoms with E-state index < -0.39 is 10.2 Å². The fourth-order valence-corrected chi connectivity index (χ4v) is 4.83. The van der Waals surface area contributed by atoms with Gasteiger partial charge in [0.1, 0.15) is 0 Å². The highest BCUT2D eigenvalue weighted by atomic mass is 35.5. The summed E-state index contributed by atoms with van der Waals surface area (Å²) >= 11 is 7.32. The molecule has 20 heavy (non-hydrogen) atoms. The molecule has 0 amide bonds. The number of rotatable bonds is 5. The maximum absolute atomic E-state index is 12.5. The van der Waals surface area contributed by atoms with Crippen molar-refractivity contribution in [2.24, 2.45) is 5.92 Å². The summed E-state index contributed by atoms with van der Waals surface area (Å²) in [7, 11) is -1.76. The van der Waals surface area contributed by atoms with Gasteiger partial charge in [-0.15, -0.1) is 22.9 Å². The summed E-state index contributed by atoms with van der Waals surface area (Å²) < 4.78 is 28.0. The predicted molar refractivity (Wildman–Crippen MR) is 82.3 cm³/mol. The standard InChI is InChI=1S/C12H20ClN3O2S2/c1-10-12(19-9-14-10)8-15(2)20(17,18)16-5-3-11(7-13)4-6-16/h9,11H,3-8H2,1-2H3. The van der Waals surface area contributed by atoms with E-state index in [-0.39, 0.29) is 0 Å². The number of hydrogen-bond donors (Lipinski definition) is 0. The average molecular weight is 338 g/mol. The smallest absolute Gasteiger partial charge is 0.250 e. The minimum atomic E-state index is -3.38. The van der Waals surface area contributed by atoms with Gasteiger partial charge in [-0.25, -0.2) is 4.98 Å². The number of piperidine rings is 1. The number of thiazole rings is 1. The van der Waals surface area contributed by atoms with Crippen molar-refractivity contribution in [1.29, 1.82) is 0 Å². The average Bonchev–Trinajstić information content (AvgIpc) is 2.84. The summed E-state index contributed by atoms with van der Waals surface area (Å²) in [6.07, 6.45) is 1.69. The molecule has 0 radical (unpaired) electrons. The zero-order chi connectivity index (χ0) is 14.8. The van der Waals surface area contributed by atoms with Gasteiger partial charge in [0.2, 0.25) is 0 Å². The molecule has 1 aromatic rings. The van der Waals surface area contributed by atoms with Gasteiger partial charge in [-0.3, -0.25) is 0 Å². The molecule has 1 aliphatic rings. The summed E-state index contributed by atoms with van der Waals surface area (Å²) in [5.74, 6) is 1.06. The first-order valence-electron chi connectivity index (χ1n) is 6.61. The molecule has 0 aromatic carbocycles.